The van der Waals surface area contributed by atoms with Gasteiger partial charge in [-0.2, -0.15) is 0 Å². The van der Waals surface area contributed by atoms with E-state index >= 15 is 0 Å². The van der Waals surface area contributed by atoms with Crippen LogP contribution in [0.15, 0.2) is 0 Å². The maximum atomic E-state index is 12.1. The Morgan fingerprint density at radius 2 is 1.83 bits per heavy atom. The second-order valence-electron chi connectivity index (χ2n) is 6.02. The summed E-state index contributed by atoms with van der Waals surface area (Å²) >= 11 is 0. The zero-order valence-corrected chi connectivity index (χ0v) is 11.9. The van der Waals surface area contributed by atoms with E-state index in [9.17, 15) is 9.59 Å². The van der Waals surface area contributed by atoms with Crippen LogP contribution in [0.2, 0.25) is 0 Å². The van der Waals surface area contributed by atoms with Crippen molar-refractivity contribution in [2.75, 3.05) is 26.7 Å². The molecule has 0 aliphatic carbocycles. The quantitative estimate of drug-likeness (QED) is 0.765. The number of carbonyl (C=O) groups excluding carboxylic acids is 2. The molecule has 0 aromatic carbocycles. The third kappa shape index (κ3) is 5.04. The maximum absolute atomic E-state index is 12.1. The first kappa shape index (κ1) is 15.0. The van der Waals surface area contributed by atoms with Gasteiger partial charge in [-0.1, -0.05) is 0 Å². The fraction of sp³-hybridized carbons (Fsp3) is 0.846. The van der Waals surface area contributed by atoms with Crippen molar-refractivity contribution in [2.24, 2.45) is 5.92 Å². The summed E-state index contributed by atoms with van der Waals surface area (Å²) in [6.07, 6.45) is 1.73. The van der Waals surface area contributed by atoms with Crippen molar-refractivity contribution >= 4 is 11.8 Å². The topological polar surface area (TPSA) is 61.4 Å². The number of nitrogens with zero attached hydrogens (tertiary/aromatic N) is 1. The smallest absolute Gasteiger partial charge is 0.240 e. The van der Waals surface area contributed by atoms with E-state index in [0.29, 0.717) is 0 Å². The molecule has 0 aromatic rings. The van der Waals surface area contributed by atoms with E-state index in [1.54, 1.807) is 7.05 Å². The summed E-state index contributed by atoms with van der Waals surface area (Å²) in [7, 11) is 1.70. The van der Waals surface area contributed by atoms with E-state index in [0.717, 1.165) is 25.9 Å². The van der Waals surface area contributed by atoms with Gasteiger partial charge in [0.05, 0.1) is 6.54 Å². The summed E-state index contributed by atoms with van der Waals surface area (Å²) < 4.78 is 0. The molecule has 2 N–H and O–H groups in total. The second-order valence-corrected chi connectivity index (χ2v) is 6.02. The van der Waals surface area contributed by atoms with Gasteiger partial charge < -0.3 is 15.5 Å². The van der Waals surface area contributed by atoms with Crippen LogP contribution >= 0.6 is 0 Å². The highest BCUT2D eigenvalue weighted by molar-refractivity contribution is 5.86. The van der Waals surface area contributed by atoms with E-state index in [2.05, 4.69) is 10.6 Å². The SMILES string of the molecule is CN(CC(=O)NC(C)(C)C)C(=O)C1CCNCC1. The molecule has 104 valence electrons. The Balaban J connectivity index is 2.41. The van der Waals surface area contributed by atoms with Crippen LogP contribution < -0.4 is 10.6 Å². The van der Waals surface area contributed by atoms with Crippen molar-refractivity contribution in [1.29, 1.82) is 0 Å². The summed E-state index contributed by atoms with van der Waals surface area (Å²) in [5.74, 6) is 0.0477. The lowest BCUT2D eigenvalue weighted by molar-refractivity contribution is -0.139. The number of hydrogen-bond acceptors (Lipinski definition) is 3. The molecule has 2 amide bonds. The Labute approximate surface area is 109 Å². The Morgan fingerprint density at radius 1 is 1.28 bits per heavy atom. The van der Waals surface area contributed by atoms with E-state index < -0.39 is 0 Å². The van der Waals surface area contributed by atoms with Crippen LogP contribution in [0.25, 0.3) is 0 Å². The van der Waals surface area contributed by atoms with E-state index in [1.807, 2.05) is 20.8 Å². The number of carbonyl (C=O) groups is 2. The van der Waals surface area contributed by atoms with Crippen molar-refractivity contribution < 1.29 is 9.59 Å². The molecule has 5 heteroatoms. The lowest BCUT2D eigenvalue weighted by Gasteiger charge is -2.28. The number of hydrogen-bond donors (Lipinski definition) is 2. The van der Waals surface area contributed by atoms with Gasteiger partial charge >= 0.3 is 0 Å². The molecule has 1 saturated heterocycles. The van der Waals surface area contributed by atoms with Gasteiger partial charge in [0, 0.05) is 18.5 Å². The van der Waals surface area contributed by atoms with Gasteiger partial charge in [0.25, 0.3) is 0 Å². The first-order valence-electron chi connectivity index (χ1n) is 6.56. The van der Waals surface area contributed by atoms with E-state index in [-0.39, 0.29) is 29.8 Å². The molecule has 0 atom stereocenters. The fourth-order valence-corrected chi connectivity index (χ4v) is 2.13. The monoisotopic (exact) mass is 255 g/mol. The molecule has 1 aliphatic heterocycles. The minimum atomic E-state index is -0.254. The van der Waals surface area contributed by atoms with Crippen LogP contribution in [0, 0.1) is 5.92 Å². The third-order valence-corrected chi connectivity index (χ3v) is 2.96. The predicted octanol–water partition coefficient (Wildman–Crippen LogP) is 0.359. The van der Waals surface area contributed by atoms with Gasteiger partial charge in [-0.3, -0.25) is 9.59 Å². The lowest BCUT2D eigenvalue weighted by atomic mass is 9.97. The van der Waals surface area contributed by atoms with Gasteiger partial charge in [0.15, 0.2) is 0 Å². The summed E-state index contributed by atoms with van der Waals surface area (Å²) in [4.78, 5) is 25.4. The Kier molecular flexibility index (Phi) is 5.14. The molecule has 0 spiro atoms. The Morgan fingerprint density at radius 3 is 2.33 bits per heavy atom. The van der Waals surface area contributed by atoms with Crippen LogP contribution in [-0.4, -0.2) is 48.9 Å². The fourth-order valence-electron chi connectivity index (χ4n) is 2.13. The molecule has 0 unspecified atom stereocenters. The molecule has 1 rings (SSSR count). The maximum Gasteiger partial charge on any atom is 0.240 e. The zero-order chi connectivity index (χ0) is 13.8. The molecule has 0 saturated carbocycles. The minimum Gasteiger partial charge on any atom is -0.350 e. The predicted molar refractivity (Wildman–Crippen MR) is 71.1 cm³/mol. The molecule has 1 heterocycles. The molecule has 1 fully saturated rings. The average Bonchev–Trinajstić information content (AvgIpc) is 2.26. The van der Waals surface area contributed by atoms with Crippen LogP contribution in [0.5, 0.6) is 0 Å². The van der Waals surface area contributed by atoms with Crippen molar-refractivity contribution in [1.82, 2.24) is 15.5 Å². The summed E-state index contributed by atoms with van der Waals surface area (Å²) in [5, 5.41) is 6.09. The average molecular weight is 255 g/mol. The number of nitrogens with one attached hydrogen (secondary N) is 2. The summed E-state index contributed by atoms with van der Waals surface area (Å²) in [6.45, 7) is 7.70. The number of likely N-dealkylation sites (N-methyl/N-ethyl adjacent to an activating group) is 1. The molecular weight excluding hydrogens is 230 g/mol. The molecule has 5 nitrogen and oxygen atoms in total. The Bertz CT molecular complexity index is 304. The van der Waals surface area contributed by atoms with E-state index in [1.165, 1.54) is 4.90 Å². The number of amides is 2. The van der Waals surface area contributed by atoms with Crippen molar-refractivity contribution in [3.63, 3.8) is 0 Å². The molecule has 1 aliphatic rings. The van der Waals surface area contributed by atoms with Gasteiger partial charge in [0.2, 0.25) is 11.8 Å². The van der Waals surface area contributed by atoms with Crippen LogP contribution in [0.1, 0.15) is 33.6 Å². The van der Waals surface area contributed by atoms with Crippen molar-refractivity contribution in [3.8, 4) is 0 Å². The standard InChI is InChI=1S/C13H25N3O2/c1-13(2,3)15-11(17)9-16(4)12(18)10-5-7-14-8-6-10/h10,14H,5-9H2,1-4H3,(H,15,17). The van der Waals surface area contributed by atoms with Crippen molar-refractivity contribution in [2.45, 2.75) is 39.2 Å². The summed E-state index contributed by atoms with van der Waals surface area (Å²) in [5.41, 5.74) is -0.254. The lowest BCUT2D eigenvalue weighted by Crippen LogP contribution is -2.48. The molecule has 0 bridgehead atoms. The normalized spacial score (nSPS) is 17.3. The van der Waals surface area contributed by atoms with Crippen LogP contribution in [0.4, 0.5) is 0 Å². The van der Waals surface area contributed by atoms with Gasteiger partial charge in [0.1, 0.15) is 0 Å². The molecule has 18 heavy (non-hydrogen) atoms. The van der Waals surface area contributed by atoms with Gasteiger partial charge in [-0.15, -0.1) is 0 Å². The first-order chi connectivity index (χ1) is 8.29. The number of piperidine rings is 1. The zero-order valence-electron chi connectivity index (χ0n) is 11.9. The largest absolute Gasteiger partial charge is 0.350 e. The molecular formula is C13H25N3O2. The van der Waals surface area contributed by atoms with Crippen LogP contribution in [-0.2, 0) is 9.59 Å². The van der Waals surface area contributed by atoms with Gasteiger partial charge in [-0.25, -0.2) is 0 Å². The first-order valence-corrected chi connectivity index (χ1v) is 6.56. The Hall–Kier alpha value is -1.10. The highest BCUT2D eigenvalue weighted by Crippen LogP contribution is 2.14. The molecule has 0 radical (unpaired) electrons. The third-order valence-electron chi connectivity index (χ3n) is 2.96. The molecule has 0 aromatic heterocycles. The van der Waals surface area contributed by atoms with Crippen LogP contribution in [0.3, 0.4) is 0 Å². The highest BCUT2D eigenvalue weighted by Gasteiger charge is 2.25. The second kappa shape index (κ2) is 6.18. The van der Waals surface area contributed by atoms with Gasteiger partial charge in [-0.05, 0) is 46.7 Å². The minimum absolute atomic E-state index is 0.0682. The van der Waals surface area contributed by atoms with E-state index in [4.69, 9.17) is 0 Å². The highest BCUT2D eigenvalue weighted by atomic mass is 16.2. The van der Waals surface area contributed by atoms with Crippen molar-refractivity contribution in [3.05, 3.63) is 0 Å². The summed E-state index contributed by atoms with van der Waals surface area (Å²) in [6, 6.07) is 0. The number of rotatable bonds is 3.